The van der Waals surface area contributed by atoms with Crippen molar-refractivity contribution in [2.45, 2.75) is 50.6 Å². The number of nitrogens with zero attached hydrogens (tertiary/aromatic N) is 3. The van der Waals surface area contributed by atoms with Crippen LogP contribution in [0, 0.1) is 5.92 Å². The molecule has 5 heteroatoms. The first-order chi connectivity index (χ1) is 13.3. The maximum Gasteiger partial charge on any atom is 0.145 e. The van der Waals surface area contributed by atoms with Crippen LogP contribution in [0.3, 0.4) is 0 Å². The highest BCUT2D eigenvalue weighted by Gasteiger charge is 2.27. The lowest BCUT2D eigenvalue weighted by molar-refractivity contribution is 0.256. The number of aliphatic hydroxyl groups excluding tert-OH is 1. The summed E-state index contributed by atoms with van der Waals surface area (Å²) in [6.45, 7) is 0.295. The van der Waals surface area contributed by atoms with Crippen LogP contribution in [0.5, 0.6) is 0 Å². The van der Waals surface area contributed by atoms with Crippen LogP contribution in [-0.2, 0) is 6.42 Å². The van der Waals surface area contributed by atoms with Crippen molar-refractivity contribution in [3.05, 3.63) is 54.0 Å². The molecule has 2 aliphatic carbocycles. The summed E-state index contributed by atoms with van der Waals surface area (Å²) >= 11 is 0. The Hall–Kier alpha value is -2.40. The van der Waals surface area contributed by atoms with Crippen LogP contribution in [0.4, 0.5) is 5.82 Å². The molecule has 5 nitrogen and oxygen atoms in total. The number of benzene rings is 1. The molecule has 0 aliphatic heterocycles. The fraction of sp³-hybridized carbons (Fsp3) is 0.455. The fourth-order valence-corrected chi connectivity index (χ4v) is 5.00. The standard InChI is InChI=1S/C22H26N4O/c27-12-10-15-5-7-17(13-15)26-11-9-19-21(23-14-24-22(19)26)25-20-8-6-16-3-1-2-4-18(16)20/h1-4,9,11,14-15,17,20,27H,5-8,10,12-13H2,(H,23,24,25)/t15-,17+,20+/m1/s1. The van der Waals surface area contributed by atoms with E-state index < -0.39 is 0 Å². The summed E-state index contributed by atoms with van der Waals surface area (Å²) in [4.78, 5) is 9.16. The lowest BCUT2D eigenvalue weighted by Crippen LogP contribution is -2.10. The molecule has 2 heterocycles. The average Bonchev–Trinajstić information content (AvgIpc) is 3.41. The average molecular weight is 362 g/mol. The van der Waals surface area contributed by atoms with Gasteiger partial charge in [0, 0.05) is 18.8 Å². The maximum atomic E-state index is 9.22. The van der Waals surface area contributed by atoms with Gasteiger partial charge in [0.2, 0.25) is 0 Å². The molecule has 0 saturated heterocycles. The monoisotopic (exact) mass is 362 g/mol. The normalized spacial score (nSPS) is 24.4. The zero-order chi connectivity index (χ0) is 18.2. The molecule has 0 spiro atoms. The van der Waals surface area contributed by atoms with E-state index in [0.717, 1.165) is 49.0 Å². The molecule has 1 aromatic carbocycles. The van der Waals surface area contributed by atoms with E-state index >= 15 is 0 Å². The molecule has 0 unspecified atom stereocenters. The molecular formula is C22H26N4O. The van der Waals surface area contributed by atoms with E-state index in [1.165, 1.54) is 17.5 Å². The molecule has 1 saturated carbocycles. The van der Waals surface area contributed by atoms with E-state index in [0.29, 0.717) is 24.6 Å². The van der Waals surface area contributed by atoms with E-state index in [-0.39, 0.29) is 0 Å². The minimum atomic E-state index is 0.295. The van der Waals surface area contributed by atoms with Gasteiger partial charge in [-0.15, -0.1) is 0 Å². The molecule has 3 atom stereocenters. The zero-order valence-electron chi connectivity index (χ0n) is 15.5. The molecule has 0 radical (unpaired) electrons. The van der Waals surface area contributed by atoms with Crippen LogP contribution in [0.1, 0.15) is 55.3 Å². The number of rotatable bonds is 5. The Kier molecular flexibility index (Phi) is 4.32. The SMILES string of the molecule is OCC[C@H]1CC[C@H](n2ccc3c(N[C@H]4CCc5ccccc54)ncnc32)C1. The van der Waals surface area contributed by atoms with Crippen molar-refractivity contribution in [3.8, 4) is 0 Å². The molecule has 27 heavy (non-hydrogen) atoms. The third-order valence-corrected chi connectivity index (χ3v) is 6.40. The minimum absolute atomic E-state index is 0.295. The van der Waals surface area contributed by atoms with Crippen molar-refractivity contribution in [2.24, 2.45) is 5.92 Å². The molecule has 2 aliphatic rings. The smallest absolute Gasteiger partial charge is 0.145 e. The Balaban J connectivity index is 1.42. The van der Waals surface area contributed by atoms with Crippen LogP contribution in [0.15, 0.2) is 42.9 Å². The number of anilines is 1. The van der Waals surface area contributed by atoms with E-state index in [1.807, 2.05) is 0 Å². The highest BCUT2D eigenvalue weighted by atomic mass is 16.3. The number of aryl methyl sites for hydroxylation is 1. The molecule has 5 rings (SSSR count). The third kappa shape index (κ3) is 3.00. The molecule has 1 fully saturated rings. The highest BCUT2D eigenvalue weighted by Crippen LogP contribution is 2.39. The molecule has 3 aromatic rings. The fourth-order valence-electron chi connectivity index (χ4n) is 5.00. The van der Waals surface area contributed by atoms with Crippen molar-refractivity contribution in [2.75, 3.05) is 11.9 Å². The molecule has 0 bridgehead atoms. The molecule has 2 N–H and O–H groups in total. The van der Waals surface area contributed by atoms with Crippen molar-refractivity contribution in [1.29, 1.82) is 0 Å². The van der Waals surface area contributed by atoms with Crippen LogP contribution < -0.4 is 5.32 Å². The predicted molar refractivity (Wildman–Crippen MR) is 107 cm³/mol. The van der Waals surface area contributed by atoms with Crippen LogP contribution in [-0.4, -0.2) is 26.2 Å². The quantitative estimate of drug-likeness (QED) is 0.712. The van der Waals surface area contributed by atoms with Gasteiger partial charge < -0.3 is 15.0 Å². The summed E-state index contributed by atoms with van der Waals surface area (Å²) in [5.74, 6) is 1.57. The Morgan fingerprint density at radius 2 is 2.04 bits per heavy atom. The van der Waals surface area contributed by atoms with Gasteiger partial charge in [0.1, 0.15) is 17.8 Å². The van der Waals surface area contributed by atoms with Gasteiger partial charge in [0.15, 0.2) is 0 Å². The first kappa shape index (κ1) is 16.8. The molecule has 0 amide bonds. The number of aromatic nitrogens is 3. The lowest BCUT2D eigenvalue weighted by Gasteiger charge is -2.17. The minimum Gasteiger partial charge on any atom is -0.396 e. The second kappa shape index (κ2) is 6.97. The van der Waals surface area contributed by atoms with Gasteiger partial charge in [-0.2, -0.15) is 0 Å². The van der Waals surface area contributed by atoms with Crippen LogP contribution in [0.25, 0.3) is 11.0 Å². The molecular weight excluding hydrogens is 336 g/mol. The van der Waals surface area contributed by atoms with Crippen LogP contribution in [0.2, 0.25) is 0 Å². The van der Waals surface area contributed by atoms with Crippen molar-refractivity contribution in [1.82, 2.24) is 14.5 Å². The third-order valence-electron chi connectivity index (χ3n) is 6.40. The predicted octanol–water partition coefficient (Wildman–Crippen LogP) is 4.25. The first-order valence-electron chi connectivity index (χ1n) is 10.1. The molecule has 2 aromatic heterocycles. The summed E-state index contributed by atoms with van der Waals surface area (Å²) < 4.78 is 2.32. The summed E-state index contributed by atoms with van der Waals surface area (Å²) in [5, 5.41) is 14.0. The van der Waals surface area contributed by atoms with Gasteiger partial charge in [-0.3, -0.25) is 0 Å². The Labute approximate surface area is 159 Å². The zero-order valence-corrected chi connectivity index (χ0v) is 15.5. The summed E-state index contributed by atoms with van der Waals surface area (Å²) in [5.41, 5.74) is 3.86. The Morgan fingerprint density at radius 1 is 1.11 bits per heavy atom. The van der Waals surface area contributed by atoms with Gasteiger partial charge in [-0.1, -0.05) is 24.3 Å². The molecule has 140 valence electrons. The first-order valence-corrected chi connectivity index (χ1v) is 10.1. The highest BCUT2D eigenvalue weighted by molar-refractivity contribution is 5.87. The number of hydrogen-bond donors (Lipinski definition) is 2. The summed E-state index contributed by atoms with van der Waals surface area (Å²) in [7, 11) is 0. The number of nitrogens with one attached hydrogen (secondary N) is 1. The lowest BCUT2D eigenvalue weighted by atomic mass is 10.0. The number of hydrogen-bond acceptors (Lipinski definition) is 4. The van der Waals surface area contributed by atoms with Gasteiger partial charge in [-0.05, 0) is 61.6 Å². The Bertz CT molecular complexity index is 950. The van der Waals surface area contributed by atoms with Gasteiger partial charge in [-0.25, -0.2) is 9.97 Å². The second-order valence-corrected chi connectivity index (χ2v) is 7.96. The van der Waals surface area contributed by atoms with Crippen molar-refractivity contribution in [3.63, 3.8) is 0 Å². The van der Waals surface area contributed by atoms with E-state index in [1.54, 1.807) is 6.33 Å². The largest absolute Gasteiger partial charge is 0.396 e. The van der Waals surface area contributed by atoms with Crippen molar-refractivity contribution >= 4 is 16.9 Å². The van der Waals surface area contributed by atoms with E-state index in [9.17, 15) is 5.11 Å². The topological polar surface area (TPSA) is 63.0 Å². The van der Waals surface area contributed by atoms with Gasteiger partial charge in [0.05, 0.1) is 11.4 Å². The number of aliphatic hydroxyl groups is 1. The van der Waals surface area contributed by atoms with E-state index in [4.69, 9.17) is 0 Å². The van der Waals surface area contributed by atoms with Crippen molar-refractivity contribution < 1.29 is 5.11 Å². The Morgan fingerprint density at radius 3 is 2.96 bits per heavy atom. The van der Waals surface area contributed by atoms with Gasteiger partial charge in [0.25, 0.3) is 0 Å². The van der Waals surface area contributed by atoms with E-state index in [2.05, 4.69) is 56.4 Å². The summed E-state index contributed by atoms with van der Waals surface area (Å²) in [6.07, 6.45) is 10.5. The second-order valence-electron chi connectivity index (χ2n) is 7.96. The number of fused-ring (bicyclic) bond motifs is 2. The summed E-state index contributed by atoms with van der Waals surface area (Å²) in [6, 6.07) is 11.6. The van der Waals surface area contributed by atoms with Crippen LogP contribution >= 0.6 is 0 Å². The maximum absolute atomic E-state index is 9.22. The van der Waals surface area contributed by atoms with Gasteiger partial charge >= 0.3 is 0 Å².